The molecule has 0 fully saturated rings. The highest BCUT2D eigenvalue weighted by Gasteiger charge is 2.13. The summed E-state index contributed by atoms with van der Waals surface area (Å²) < 4.78 is 0. The van der Waals surface area contributed by atoms with Crippen LogP contribution in [0.2, 0.25) is 0 Å². The van der Waals surface area contributed by atoms with Crippen LogP contribution >= 0.6 is 11.3 Å². The number of nitrogens with one attached hydrogen (secondary N) is 2. The molecule has 2 aromatic heterocycles. The van der Waals surface area contributed by atoms with Crippen molar-refractivity contribution in [3.63, 3.8) is 0 Å². The van der Waals surface area contributed by atoms with Gasteiger partial charge in [0.2, 0.25) is 0 Å². The first-order valence-corrected chi connectivity index (χ1v) is 7.03. The molecule has 20 heavy (non-hydrogen) atoms. The molecular formula is C14H15N3O2S. The minimum absolute atomic E-state index is 0.310. The normalized spacial score (nSPS) is 10.1. The number of aromatic nitrogens is 1. The molecule has 0 bridgehead atoms. The number of hydrogen-bond donors (Lipinski definition) is 2. The van der Waals surface area contributed by atoms with E-state index in [1.165, 1.54) is 17.5 Å². The maximum Gasteiger partial charge on any atom is 0.279 e. The van der Waals surface area contributed by atoms with Crippen molar-refractivity contribution < 1.29 is 9.59 Å². The van der Waals surface area contributed by atoms with E-state index in [0.29, 0.717) is 10.4 Å². The van der Waals surface area contributed by atoms with Crippen LogP contribution in [-0.4, -0.2) is 16.8 Å². The Morgan fingerprint density at radius 1 is 1.30 bits per heavy atom. The molecule has 6 heteroatoms. The fourth-order valence-corrected chi connectivity index (χ4v) is 2.74. The van der Waals surface area contributed by atoms with Crippen LogP contribution in [0.25, 0.3) is 0 Å². The van der Waals surface area contributed by atoms with E-state index >= 15 is 0 Å². The monoisotopic (exact) mass is 289 g/mol. The van der Waals surface area contributed by atoms with E-state index < -0.39 is 5.91 Å². The van der Waals surface area contributed by atoms with Gasteiger partial charge in [0.1, 0.15) is 0 Å². The van der Waals surface area contributed by atoms with Crippen LogP contribution in [0, 0.1) is 6.92 Å². The number of thiophene rings is 1. The van der Waals surface area contributed by atoms with Crippen molar-refractivity contribution in [2.24, 2.45) is 0 Å². The van der Waals surface area contributed by atoms with Crippen molar-refractivity contribution in [1.29, 1.82) is 0 Å². The topological polar surface area (TPSA) is 71.1 Å². The summed E-state index contributed by atoms with van der Waals surface area (Å²) in [5.41, 5.74) is 6.32. The minimum atomic E-state index is -0.393. The lowest BCUT2D eigenvalue weighted by molar-refractivity contribution is 0.0848. The average molecular weight is 289 g/mol. The summed E-state index contributed by atoms with van der Waals surface area (Å²) in [4.78, 5) is 29.2. The molecule has 2 rings (SSSR count). The van der Waals surface area contributed by atoms with Crippen LogP contribution in [0.5, 0.6) is 0 Å². The lowest BCUT2D eigenvalue weighted by Crippen LogP contribution is -2.41. The van der Waals surface area contributed by atoms with Gasteiger partial charge in [0.25, 0.3) is 11.8 Å². The lowest BCUT2D eigenvalue weighted by Gasteiger charge is -2.05. The second-order valence-electron chi connectivity index (χ2n) is 4.20. The van der Waals surface area contributed by atoms with Gasteiger partial charge in [-0.3, -0.25) is 25.4 Å². The number of pyridine rings is 1. The van der Waals surface area contributed by atoms with Gasteiger partial charge in [0.15, 0.2) is 0 Å². The maximum absolute atomic E-state index is 11.9. The molecule has 0 spiro atoms. The number of amides is 2. The maximum atomic E-state index is 11.9. The SMILES string of the molecule is CCc1cc(C(=O)NNC(=O)c2cccnc2)sc1C. The van der Waals surface area contributed by atoms with Gasteiger partial charge in [-0.05, 0) is 37.1 Å². The first kappa shape index (κ1) is 14.2. The van der Waals surface area contributed by atoms with Crippen molar-refractivity contribution in [3.05, 3.63) is 51.5 Å². The van der Waals surface area contributed by atoms with Crippen molar-refractivity contribution in [3.8, 4) is 0 Å². The van der Waals surface area contributed by atoms with Crippen molar-refractivity contribution >= 4 is 23.2 Å². The Labute approximate surface area is 121 Å². The smallest absolute Gasteiger partial charge is 0.267 e. The molecular weight excluding hydrogens is 274 g/mol. The number of hydrogen-bond acceptors (Lipinski definition) is 4. The van der Waals surface area contributed by atoms with Crippen molar-refractivity contribution in [1.82, 2.24) is 15.8 Å². The predicted molar refractivity (Wildman–Crippen MR) is 77.6 cm³/mol. The van der Waals surface area contributed by atoms with E-state index in [2.05, 4.69) is 15.8 Å². The summed E-state index contributed by atoms with van der Waals surface area (Å²) in [6, 6.07) is 5.14. The molecule has 0 saturated heterocycles. The lowest BCUT2D eigenvalue weighted by atomic mass is 10.2. The summed E-state index contributed by atoms with van der Waals surface area (Å²) in [5.74, 6) is -0.703. The minimum Gasteiger partial charge on any atom is -0.267 e. The fourth-order valence-electron chi connectivity index (χ4n) is 1.73. The third-order valence-corrected chi connectivity index (χ3v) is 3.93. The zero-order valence-electron chi connectivity index (χ0n) is 11.3. The van der Waals surface area contributed by atoms with E-state index in [1.807, 2.05) is 19.9 Å². The highest BCUT2D eigenvalue weighted by molar-refractivity contribution is 7.14. The molecule has 0 aliphatic carbocycles. The standard InChI is InChI=1S/C14H15N3O2S/c1-3-10-7-12(20-9(10)2)14(19)17-16-13(18)11-5-4-6-15-8-11/h4-8H,3H2,1-2H3,(H,16,18)(H,17,19). The van der Waals surface area contributed by atoms with E-state index in [9.17, 15) is 9.59 Å². The number of nitrogens with zero attached hydrogens (tertiary/aromatic N) is 1. The molecule has 0 saturated carbocycles. The van der Waals surface area contributed by atoms with Gasteiger partial charge in [0.05, 0.1) is 10.4 Å². The molecule has 0 atom stereocenters. The van der Waals surface area contributed by atoms with Gasteiger partial charge in [-0.25, -0.2) is 0 Å². The van der Waals surface area contributed by atoms with Gasteiger partial charge in [-0.1, -0.05) is 6.92 Å². The first-order valence-electron chi connectivity index (χ1n) is 6.21. The number of hydrazine groups is 1. The van der Waals surface area contributed by atoms with E-state index in [-0.39, 0.29) is 5.91 Å². The van der Waals surface area contributed by atoms with Gasteiger partial charge >= 0.3 is 0 Å². The Morgan fingerprint density at radius 2 is 2.05 bits per heavy atom. The van der Waals surface area contributed by atoms with Crippen LogP contribution in [0.1, 0.15) is 37.4 Å². The zero-order valence-corrected chi connectivity index (χ0v) is 12.1. The third-order valence-electron chi connectivity index (χ3n) is 2.84. The van der Waals surface area contributed by atoms with Crippen LogP contribution in [0.3, 0.4) is 0 Å². The molecule has 2 N–H and O–H groups in total. The molecule has 104 valence electrons. The van der Waals surface area contributed by atoms with Crippen LogP contribution in [0.15, 0.2) is 30.6 Å². The van der Waals surface area contributed by atoms with Crippen LogP contribution in [-0.2, 0) is 6.42 Å². The Hall–Kier alpha value is -2.21. The van der Waals surface area contributed by atoms with Gasteiger partial charge < -0.3 is 0 Å². The summed E-state index contributed by atoms with van der Waals surface area (Å²) in [6.07, 6.45) is 3.90. The molecule has 5 nitrogen and oxygen atoms in total. The van der Waals surface area contributed by atoms with Crippen molar-refractivity contribution in [2.75, 3.05) is 0 Å². The van der Waals surface area contributed by atoms with Crippen LogP contribution in [0.4, 0.5) is 0 Å². The quantitative estimate of drug-likeness (QED) is 0.850. The molecule has 0 aromatic carbocycles. The third kappa shape index (κ3) is 3.21. The average Bonchev–Trinajstić information content (AvgIpc) is 2.86. The molecule has 0 aliphatic rings. The zero-order chi connectivity index (χ0) is 14.5. The Balaban J connectivity index is 1.97. The van der Waals surface area contributed by atoms with Gasteiger partial charge in [0, 0.05) is 17.3 Å². The fraction of sp³-hybridized carbons (Fsp3) is 0.214. The number of aryl methyl sites for hydroxylation is 2. The largest absolute Gasteiger partial charge is 0.279 e. The Morgan fingerprint density at radius 3 is 2.65 bits per heavy atom. The molecule has 2 aromatic rings. The highest BCUT2D eigenvalue weighted by Crippen LogP contribution is 2.21. The van der Waals surface area contributed by atoms with Gasteiger partial charge in [-0.2, -0.15) is 0 Å². The number of carbonyl (C=O) groups excluding carboxylic acids is 2. The Kier molecular flexibility index (Phi) is 4.47. The second kappa shape index (κ2) is 6.29. The molecule has 2 heterocycles. The molecule has 0 aliphatic heterocycles. The van der Waals surface area contributed by atoms with E-state index in [1.54, 1.807) is 18.3 Å². The van der Waals surface area contributed by atoms with Crippen molar-refractivity contribution in [2.45, 2.75) is 20.3 Å². The summed E-state index contributed by atoms with van der Waals surface area (Å²) >= 11 is 1.42. The Bertz CT molecular complexity index is 623. The highest BCUT2D eigenvalue weighted by atomic mass is 32.1. The second-order valence-corrected chi connectivity index (χ2v) is 5.45. The number of carbonyl (C=O) groups is 2. The van der Waals surface area contributed by atoms with E-state index in [0.717, 1.165) is 16.9 Å². The first-order chi connectivity index (χ1) is 9.61. The summed E-state index contributed by atoms with van der Waals surface area (Å²) in [6.45, 7) is 4.02. The number of rotatable bonds is 3. The van der Waals surface area contributed by atoms with Gasteiger partial charge in [-0.15, -0.1) is 11.3 Å². The van der Waals surface area contributed by atoms with E-state index in [4.69, 9.17) is 0 Å². The molecule has 0 radical (unpaired) electrons. The summed E-state index contributed by atoms with van der Waals surface area (Å²) in [5, 5.41) is 0. The molecule has 2 amide bonds. The molecule has 0 unspecified atom stereocenters. The predicted octanol–water partition coefficient (Wildman–Crippen LogP) is 2.09. The summed E-state index contributed by atoms with van der Waals surface area (Å²) in [7, 11) is 0. The van der Waals surface area contributed by atoms with Crippen LogP contribution < -0.4 is 10.9 Å².